The molecule has 1 aliphatic rings. The van der Waals surface area contributed by atoms with E-state index in [1.54, 1.807) is 48.7 Å². The predicted octanol–water partition coefficient (Wildman–Crippen LogP) is 5.74. The first-order valence-corrected chi connectivity index (χ1v) is 16.0. The number of hydrogen-bond acceptors (Lipinski definition) is 6. The van der Waals surface area contributed by atoms with Gasteiger partial charge < -0.3 is 9.64 Å². The third kappa shape index (κ3) is 7.31. The summed E-state index contributed by atoms with van der Waals surface area (Å²) in [5.41, 5.74) is 2.91. The van der Waals surface area contributed by atoms with Gasteiger partial charge in [0.15, 0.2) is 9.84 Å². The van der Waals surface area contributed by atoms with E-state index < -0.39 is 9.84 Å². The van der Waals surface area contributed by atoms with Crippen molar-refractivity contribution in [1.29, 1.82) is 0 Å². The number of carbonyl (C=O) groups is 1. The second kappa shape index (κ2) is 13.3. The third-order valence-electron chi connectivity index (χ3n) is 7.49. The van der Waals surface area contributed by atoms with Crippen molar-refractivity contribution >= 4 is 26.6 Å². The van der Waals surface area contributed by atoms with Crippen LogP contribution in [0.2, 0.25) is 0 Å². The van der Waals surface area contributed by atoms with E-state index in [-0.39, 0.29) is 16.6 Å². The molecule has 0 radical (unpaired) electrons. The summed E-state index contributed by atoms with van der Waals surface area (Å²) in [5, 5.41) is 0.787. The van der Waals surface area contributed by atoms with Gasteiger partial charge in [-0.1, -0.05) is 62.2 Å². The third-order valence-corrected chi connectivity index (χ3v) is 9.21. The Balaban J connectivity index is 1.13. The molecule has 0 saturated carbocycles. The van der Waals surface area contributed by atoms with Crippen LogP contribution >= 0.6 is 0 Å². The van der Waals surface area contributed by atoms with Crippen molar-refractivity contribution in [1.82, 2.24) is 14.8 Å². The summed E-state index contributed by atoms with van der Waals surface area (Å²) in [4.78, 5) is 21.9. The van der Waals surface area contributed by atoms with Gasteiger partial charge in [0.1, 0.15) is 5.75 Å². The summed E-state index contributed by atoms with van der Waals surface area (Å²) in [6.45, 7) is 6.70. The summed E-state index contributed by atoms with van der Waals surface area (Å²) in [6.07, 6.45) is 5.06. The van der Waals surface area contributed by atoms with Gasteiger partial charge in [-0.15, -0.1) is 0 Å². The van der Waals surface area contributed by atoms with E-state index in [0.717, 1.165) is 43.8 Å². The Labute approximate surface area is 242 Å². The van der Waals surface area contributed by atoms with Crippen LogP contribution in [0.15, 0.2) is 90.0 Å². The topological polar surface area (TPSA) is 79.8 Å². The Morgan fingerprint density at radius 3 is 2.29 bits per heavy atom. The van der Waals surface area contributed by atoms with Crippen LogP contribution in [0.5, 0.6) is 5.75 Å². The van der Waals surface area contributed by atoms with E-state index in [4.69, 9.17) is 4.74 Å². The zero-order valence-electron chi connectivity index (χ0n) is 23.5. The lowest BCUT2D eigenvalue weighted by atomic mass is 10.1. The maximum atomic E-state index is 13.2. The number of nitrogens with zero attached hydrogens (tertiary/aromatic N) is 3. The monoisotopic (exact) mass is 571 g/mol. The van der Waals surface area contributed by atoms with Gasteiger partial charge >= 0.3 is 0 Å². The molecule has 1 saturated heterocycles. The van der Waals surface area contributed by atoms with E-state index >= 15 is 0 Å². The molecule has 1 fully saturated rings. The molecule has 0 unspecified atom stereocenters. The molecule has 1 aromatic heterocycles. The van der Waals surface area contributed by atoms with Crippen LogP contribution in [0.1, 0.15) is 47.7 Å². The summed E-state index contributed by atoms with van der Waals surface area (Å²) < 4.78 is 32.2. The summed E-state index contributed by atoms with van der Waals surface area (Å²) in [7, 11) is -3.60. The summed E-state index contributed by atoms with van der Waals surface area (Å²) in [6, 6.07) is 24.1. The molecule has 1 amide bonds. The quantitative estimate of drug-likeness (QED) is 0.214. The summed E-state index contributed by atoms with van der Waals surface area (Å²) >= 11 is 0. The van der Waals surface area contributed by atoms with E-state index in [2.05, 4.69) is 28.9 Å². The number of hydrogen-bond donors (Lipinski definition) is 0. The maximum absolute atomic E-state index is 13.2. The number of ether oxygens (including phenoxy) is 1. The lowest BCUT2D eigenvalue weighted by Gasteiger charge is -2.34. The molecule has 0 spiro atoms. The van der Waals surface area contributed by atoms with Crippen molar-refractivity contribution in [2.24, 2.45) is 0 Å². The minimum atomic E-state index is -3.60. The molecule has 0 N–H and O–H groups in total. The molecule has 1 aliphatic heterocycles. The van der Waals surface area contributed by atoms with Crippen molar-refractivity contribution in [3.8, 4) is 5.75 Å². The number of piperazine rings is 1. The number of benzene rings is 3. The molecule has 7 nitrogen and oxygen atoms in total. The highest BCUT2D eigenvalue weighted by molar-refractivity contribution is 7.90. The van der Waals surface area contributed by atoms with Crippen LogP contribution in [-0.2, 0) is 22.1 Å². The average molecular weight is 572 g/mol. The number of para-hydroxylation sites is 1. The minimum Gasteiger partial charge on any atom is -0.494 e. The Morgan fingerprint density at radius 1 is 0.854 bits per heavy atom. The Hall–Kier alpha value is -3.75. The largest absolute Gasteiger partial charge is 0.494 e. The van der Waals surface area contributed by atoms with Crippen molar-refractivity contribution in [3.63, 3.8) is 0 Å². The molecule has 0 atom stereocenters. The van der Waals surface area contributed by atoms with Crippen molar-refractivity contribution in [3.05, 3.63) is 102 Å². The normalized spacial score (nSPS) is 14.3. The molecule has 4 aromatic rings. The first kappa shape index (κ1) is 28.8. The van der Waals surface area contributed by atoms with Gasteiger partial charge in [-0.05, 0) is 53.9 Å². The molecular formula is C33H37N3O4S. The molecule has 0 bridgehead atoms. The molecule has 8 heteroatoms. The fourth-order valence-electron chi connectivity index (χ4n) is 5.15. The fourth-order valence-corrected chi connectivity index (χ4v) is 6.69. The van der Waals surface area contributed by atoms with Crippen LogP contribution in [-0.4, -0.2) is 61.9 Å². The van der Waals surface area contributed by atoms with Crippen LogP contribution < -0.4 is 4.74 Å². The van der Waals surface area contributed by atoms with Crippen molar-refractivity contribution in [2.45, 2.75) is 43.4 Å². The van der Waals surface area contributed by atoms with E-state index in [1.807, 2.05) is 29.2 Å². The number of fused-ring (bicyclic) bond motifs is 1. The molecule has 5 rings (SSSR count). The van der Waals surface area contributed by atoms with Crippen LogP contribution in [0, 0.1) is 0 Å². The highest BCUT2D eigenvalue weighted by Crippen LogP contribution is 2.24. The van der Waals surface area contributed by atoms with Crippen LogP contribution in [0.25, 0.3) is 10.9 Å². The second-order valence-electron chi connectivity index (χ2n) is 10.6. The van der Waals surface area contributed by atoms with Crippen molar-refractivity contribution in [2.75, 3.05) is 32.8 Å². The van der Waals surface area contributed by atoms with Crippen LogP contribution in [0.4, 0.5) is 0 Å². The van der Waals surface area contributed by atoms with E-state index in [1.165, 1.54) is 18.4 Å². The highest BCUT2D eigenvalue weighted by Gasteiger charge is 2.23. The van der Waals surface area contributed by atoms with Gasteiger partial charge in [-0.2, -0.15) is 0 Å². The number of amides is 1. The fraction of sp³-hybridized carbons (Fsp3) is 0.333. The van der Waals surface area contributed by atoms with Crippen molar-refractivity contribution < 1.29 is 17.9 Å². The first-order valence-electron chi connectivity index (χ1n) is 14.3. The highest BCUT2D eigenvalue weighted by atomic mass is 32.2. The smallest absolute Gasteiger partial charge is 0.253 e. The lowest BCUT2D eigenvalue weighted by Crippen LogP contribution is -2.48. The van der Waals surface area contributed by atoms with Gasteiger partial charge in [0.2, 0.25) is 0 Å². The SMILES string of the molecule is CCCCCOc1ccc(CN2CCN(C(=O)c3ccc(CS(=O)(=O)c4cccc5cccnc45)cc3)CC2)cc1. The Kier molecular flexibility index (Phi) is 9.31. The molecule has 2 heterocycles. The van der Waals surface area contributed by atoms with Gasteiger partial charge in [-0.3, -0.25) is 14.7 Å². The van der Waals surface area contributed by atoms with E-state index in [0.29, 0.717) is 29.7 Å². The molecule has 3 aromatic carbocycles. The van der Waals surface area contributed by atoms with Gasteiger partial charge in [0.25, 0.3) is 5.91 Å². The van der Waals surface area contributed by atoms with E-state index in [9.17, 15) is 13.2 Å². The van der Waals surface area contributed by atoms with Gasteiger partial charge in [-0.25, -0.2) is 8.42 Å². The number of aromatic nitrogens is 1. The van der Waals surface area contributed by atoms with Gasteiger partial charge in [0.05, 0.1) is 22.8 Å². The Bertz CT molecular complexity index is 1560. The zero-order chi connectivity index (χ0) is 28.7. The predicted molar refractivity (Wildman–Crippen MR) is 162 cm³/mol. The molecule has 41 heavy (non-hydrogen) atoms. The number of rotatable bonds is 11. The minimum absolute atomic E-state index is 0.0260. The number of carbonyl (C=O) groups excluding carboxylic acids is 1. The maximum Gasteiger partial charge on any atom is 0.253 e. The molecule has 214 valence electrons. The average Bonchev–Trinajstić information content (AvgIpc) is 3.00. The Morgan fingerprint density at radius 2 is 1.56 bits per heavy atom. The van der Waals surface area contributed by atoms with Crippen LogP contribution in [0.3, 0.4) is 0 Å². The number of unbranched alkanes of at least 4 members (excludes halogenated alkanes) is 2. The number of sulfone groups is 1. The standard InChI is InChI=1S/C33H37N3O4S/c1-2-3-4-23-40-30-16-12-26(13-17-30)24-35-19-21-36(22-20-35)33(37)29-14-10-27(11-15-29)25-41(38,39)31-9-5-7-28-8-6-18-34-32(28)31/h5-18H,2-4,19-25H2,1H3. The zero-order valence-corrected chi connectivity index (χ0v) is 24.4. The lowest BCUT2D eigenvalue weighted by molar-refractivity contribution is 0.0628. The second-order valence-corrected chi connectivity index (χ2v) is 12.5. The summed E-state index contributed by atoms with van der Waals surface area (Å²) in [5.74, 6) is 0.735. The number of pyridine rings is 1. The first-order chi connectivity index (χ1) is 19.9. The molecule has 0 aliphatic carbocycles. The molecular weight excluding hydrogens is 534 g/mol. The van der Waals surface area contributed by atoms with Gasteiger partial charge in [0, 0.05) is 49.9 Å².